The molecule has 0 amide bonds. The van der Waals surface area contributed by atoms with E-state index in [0.29, 0.717) is 12.8 Å². The van der Waals surface area contributed by atoms with Crippen LogP contribution in [-0.4, -0.2) is 75.5 Å². The Balaban J connectivity index is 4.31. The fraction of sp³-hybridized carbons (Fsp3) is 0.722. The molecule has 0 saturated carbocycles. The third-order valence-electron chi connectivity index (χ3n) is 10.9. The lowest BCUT2D eigenvalue weighted by atomic mass is 10.1. The molecule has 8 heteroatoms. The molecule has 0 aromatic heterocycles. The summed E-state index contributed by atoms with van der Waals surface area (Å²) in [5.41, 5.74) is 0. The lowest BCUT2D eigenvalue weighted by Crippen LogP contribution is -2.55. The van der Waals surface area contributed by atoms with Crippen molar-refractivity contribution in [3.63, 3.8) is 0 Å². The number of carboxylic acids is 1. The number of aliphatic carboxylic acids is 1. The Bertz CT molecular complexity index is 1240. The number of rotatable bonds is 44. The van der Waals surface area contributed by atoms with Crippen molar-refractivity contribution in [2.45, 2.75) is 212 Å². The minimum atomic E-state index is -1.13. The van der Waals surface area contributed by atoms with Crippen molar-refractivity contribution in [3.8, 4) is 0 Å². The lowest BCUT2D eigenvalue weighted by molar-refractivity contribution is -0.889. The topological polar surface area (TPSA) is 102 Å². The molecule has 2 unspecified atom stereocenters. The summed E-state index contributed by atoms with van der Waals surface area (Å²) in [4.78, 5) is 37.0. The van der Waals surface area contributed by atoms with E-state index in [9.17, 15) is 19.5 Å². The number of quaternary nitrogens is 1. The van der Waals surface area contributed by atoms with Crippen LogP contribution in [0.4, 0.5) is 0 Å². The minimum Gasteiger partial charge on any atom is -0.544 e. The summed E-state index contributed by atoms with van der Waals surface area (Å²) in [5, 5.41) is 11.7. The highest BCUT2D eigenvalue weighted by atomic mass is 16.6. The third-order valence-corrected chi connectivity index (χ3v) is 10.9. The van der Waals surface area contributed by atoms with Crippen molar-refractivity contribution in [3.05, 3.63) is 72.9 Å². The largest absolute Gasteiger partial charge is 0.544 e. The summed E-state index contributed by atoms with van der Waals surface area (Å²) in [6.45, 7) is 4.52. The number of ether oxygens (including phenoxy) is 3. The Morgan fingerprint density at radius 2 is 0.968 bits per heavy atom. The summed E-state index contributed by atoms with van der Waals surface area (Å²) in [6, 6.07) is -0.734. The number of carbonyl (C=O) groups excluding carboxylic acids is 3. The second-order valence-corrected chi connectivity index (χ2v) is 17.7. The third kappa shape index (κ3) is 42.1. The molecule has 0 spiro atoms. The van der Waals surface area contributed by atoms with Gasteiger partial charge in [0.05, 0.1) is 40.3 Å². The van der Waals surface area contributed by atoms with Gasteiger partial charge in [0.2, 0.25) is 0 Å². The zero-order chi connectivity index (χ0) is 45.6. The van der Waals surface area contributed by atoms with E-state index in [1.165, 1.54) is 83.5 Å². The second-order valence-electron chi connectivity index (χ2n) is 17.7. The summed E-state index contributed by atoms with van der Waals surface area (Å²) in [5.74, 6) is -1.77. The van der Waals surface area contributed by atoms with Gasteiger partial charge in [0, 0.05) is 19.3 Å². The molecule has 0 aliphatic rings. The molecule has 0 radical (unpaired) electrons. The molecule has 0 bridgehead atoms. The first-order chi connectivity index (χ1) is 30.1. The zero-order valence-electron chi connectivity index (χ0n) is 40.5. The van der Waals surface area contributed by atoms with Crippen molar-refractivity contribution in [1.82, 2.24) is 0 Å². The van der Waals surface area contributed by atoms with Crippen molar-refractivity contribution in [2.24, 2.45) is 0 Å². The zero-order valence-corrected chi connectivity index (χ0v) is 40.5. The van der Waals surface area contributed by atoms with Crippen LogP contribution in [0.2, 0.25) is 0 Å². The predicted octanol–water partition coefficient (Wildman–Crippen LogP) is 13.0. The van der Waals surface area contributed by atoms with E-state index in [4.69, 9.17) is 14.2 Å². The second kappa shape index (κ2) is 44.4. The molecule has 0 aromatic rings. The number of nitrogens with zero attached hydrogens (tertiary/aromatic N) is 1. The first kappa shape index (κ1) is 58.8. The average molecular weight is 868 g/mol. The lowest BCUT2D eigenvalue weighted by Gasteiger charge is -2.34. The Kier molecular flexibility index (Phi) is 42.1. The van der Waals surface area contributed by atoms with Gasteiger partial charge in [0.25, 0.3) is 0 Å². The molecule has 8 nitrogen and oxygen atoms in total. The van der Waals surface area contributed by atoms with Crippen LogP contribution in [0.25, 0.3) is 0 Å². The Morgan fingerprint density at radius 3 is 1.47 bits per heavy atom. The molecule has 0 fully saturated rings. The van der Waals surface area contributed by atoms with Gasteiger partial charge >= 0.3 is 11.9 Å². The number of likely N-dealkylation sites (N-methyl/N-ethyl adjacent to an activating group) is 1. The van der Waals surface area contributed by atoms with Crippen molar-refractivity contribution in [1.29, 1.82) is 0 Å². The van der Waals surface area contributed by atoms with Gasteiger partial charge in [0.15, 0.2) is 6.10 Å². The predicted molar refractivity (Wildman–Crippen MR) is 259 cm³/mol. The van der Waals surface area contributed by atoms with E-state index in [0.717, 1.165) is 83.5 Å². The Labute approximate surface area is 381 Å². The maximum absolute atomic E-state index is 12.8. The average Bonchev–Trinajstić information content (AvgIpc) is 3.23. The van der Waals surface area contributed by atoms with E-state index in [1.54, 1.807) is 21.1 Å². The smallest absolute Gasteiger partial charge is 0.306 e. The maximum Gasteiger partial charge on any atom is 0.306 e. The molecule has 0 saturated heterocycles. The highest BCUT2D eigenvalue weighted by Crippen LogP contribution is 2.14. The van der Waals surface area contributed by atoms with Crippen molar-refractivity contribution in [2.75, 3.05) is 41.0 Å². The Hall–Kier alpha value is -3.23. The van der Waals surface area contributed by atoms with Crippen LogP contribution in [0, 0.1) is 0 Å². The first-order valence-electron chi connectivity index (χ1n) is 25.0. The number of hydrogen-bond donors (Lipinski definition) is 0. The molecule has 0 heterocycles. The fourth-order valence-electron chi connectivity index (χ4n) is 7.03. The molecule has 0 aliphatic heterocycles. The monoisotopic (exact) mass is 868 g/mol. The van der Waals surface area contributed by atoms with Gasteiger partial charge in [-0.1, -0.05) is 183 Å². The molecule has 2 atom stereocenters. The standard InChI is InChI=1S/C54H93NO7/c1-6-8-10-12-14-16-18-20-22-24-26-27-29-30-32-34-36-38-40-42-44-52(56)61-49-50(48-60-47-46-51(54(58)59)55(3,4)5)62-53(57)45-43-41-39-37-35-33-31-28-25-23-21-19-17-15-13-11-9-7-2/h8,10,14,16,19-23,25,28,31,50-51H,6-7,9,11-13,15,17-18,24,26-27,29-30,32-49H2,1-5H3/b10-8+,16-14+,21-19+,22-20+,25-23+,31-28+. The van der Waals surface area contributed by atoms with Crippen molar-refractivity contribution >= 4 is 17.9 Å². The van der Waals surface area contributed by atoms with Crippen LogP contribution in [0.1, 0.15) is 200 Å². The van der Waals surface area contributed by atoms with E-state index < -0.39 is 18.1 Å². The number of carboxylic acid groups (broad SMARTS) is 1. The van der Waals surface area contributed by atoms with Gasteiger partial charge < -0.3 is 28.6 Å². The highest BCUT2D eigenvalue weighted by molar-refractivity contribution is 5.70. The normalized spacial score (nSPS) is 13.5. The molecule has 0 rings (SSSR count). The van der Waals surface area contributed by atoms with Crippen LogP contribution in [0.3, 0.4) is 0 Å². The maximum atomic E-state index is 12.8. The number of unbranched alkanes of at least 4 members (excludes halogenated alkanes) is 20. The number of hydrogen-bond acceptors (Lipinski definition) is 7. The number of carbonyl (C=O) groups is 3. The van der Waals surface area contributed by atoms with E-state index >= 15 is 0 Å². The van der Waals surface area contributed by atoms with E-state index in [-0.39, 0.29) is 42.7 Å². The quantitative estimate of drug-likeness (QED) is 0.0198. The van der Waals surface area contributed by atoms with Gasteiger partial charge in [-0.25, -0.2) is 0 Å². The minimum absolute atomic E-state index is 0.0283. The summed E-state index contributed by atoms with van der Waals surface area (Å²) < 4.78 is 17.2. The van der Waals surface area contributed by atoms with Gasteiger partial charge in [0.1, 0.15) is 12.6 Å². The van der Waals surface area contributed by atoms with Crippen LogP contribution < -0.4 is 5.11 Å². The summed E-state index contributed by atoms with van der Waals surface area (Å²) >= 11 is 0. The SMILES string of the molecule is CC/C=C/C/C=C/C/C=C/CCCCCCCCCCCCC(=O)OCC(COCCC(C(=O)[O-])[N+](C)(C)C)OC(=O)CCCCCCC/C=C/C=C/C=C/CCCCCCC. The molecule has 356 valence electrons. The van der Waals surface area contributed by atoms with E-state index in [1.807, 2.05) is 0 Å². The van der Waals surface area contributed by atoms with Gasteiger partial charge in [-0.3, -0.25) is 9.59 Å². The first-order valence-corrected chi connectivity index (χ1v) is 25.0. The van der Waals surface area contributed by atoms with Gasteiger partial charge in [-0.15, -0.1) is 0 Å². The van der Waals surface area contributed by atoms with Crippen molar-refractivity contribution < 1.29 is 38.2 Å². The van der Waals surface area contributed by atoms with Gasteiger partial charge in [-0.05, 0) is 70.6 Å². The number of esters is 2. The molecule has 0 aliphatic carbocycles. The summed E-state index contributed by atoms with van der Waals surface area (Å²) in [7, 11) is 5.40. The van der Waals surface area contributed by atoms with E-state index in [2.05, 4.69) is 86.8 Å². The van der Waals surface area contributed by atoms with Crippen LogP contribution in [-0.2, 0) is 28.6 Å². The van der Waals surface area contributed by atoms with Crippen LogP contribution in [0.5, 0.6) is 0 Å². The fourth-order valence-corrected chi connectivity index (χ4v) is 7.03. The Morgan fingerprint density at radius 1 is 0.516 bits per heavy atom. The van der Waals surface area contributed by atoms with Crippen LogP contribution in [0.15, 0.2) is 72.9 Å². The molecule has 62 heavy (non-hydrogen) atoms. The van der Waals surface area contributed by atoms with Crippen LogP contribution >= 0.6 is 0 Å². The number of allylic oxidation sites excluding steroid dienone is 12. The highest BCUT2D eigenvalue weighted by Gasteiger charge is 2.25. The molecule has 0 aromatic carbocycles. The molecular weight excluding hydrogens is 775 g/mol. The van der Waals surface area contributed by atoms with Gasteiger partial charge in [-0.2, -0.15) is 0 Å². The summed E-state index contributed by atoms with van der Waals surface area (Å²) in [6.07, 6.45) is 56.4. The molecular formula is C54H93NO7. The molecule has 0 N–H and O–H groups in total.